The van der Waals surface area contributed by atoms with E-state index in [1.807, 2.05) is 30.3 Å². The minimum absolute atomic E-state index is 0.175. The first kappa shape index (κ1) is 23.7. The molecule has 2 bridgehead atoms. The summed E-state index contributed by atoms with van der Waals surface area (Å²) >= 11 is 0. The molecule has 0 saturated carbocycles. The lowest BCUT2D eigenvalue weighted by molar-refractivity contribution is -0.984. The van der Waals surface area contributed by atoms with Gasteiger partial charge in [0.2, 0.25) is 0 Å². The van der Waals surface area contributed by atoms with Gasteiger partial charge in [0.1, 0.15) is 12.6 Å². The molecule has 0 N–H and O–H groups in total. The summed E-state index contributed by atoms with van der Waals surface area (Å²) in [6, 6.07) is 35.3. The Balaban J connectivity index is 1.47. The lowest BCUT2D eigenvalue weighted by Gasteiger charge is -2.58. The highest BCUT2D eigenvalue weighted by Gasteiger charge is 2.55. The zero-order valence-electron chi connectivity index (χ0n) is 21.2. The third-order valence-corrected chi connectivity index (χ3v) is 8.74. The molecule has 5 unspecified atom stereocenters. The van der Waals surface area contributed by atoms with E-state index in [9.17, 15) is 4.79 Å². The number of hydrogen-bond acceptors (Lipinski definition) is 2. The maximum atomic E-state index is 13.6. The highest BCUT2D eigenvalue weighted by atomic mass is 16.5. The van der Waals surface area contributed by atoms with Gasteiger partial charge in [-0.2, -0.15) is 0 Å². The minimum Gasteiger partial charge on any atom is -0.447 e. The van der Waals surface area contributed by atoms with Gasteiger partial charge < -0.3 is 9.22 Å². The number of carbonyl (C=O) groups is 1. The van der Waals surface area contributed by atoms with Gasteiger partial charge in [-0.3, -0.25) is 0 Å². The van der Waals surface area contributed by atoms with Crippen LogP contribution in [0, 0.1) is 11.8 Å². The lowest BCUT2D eigenvalue weighted by Crippen LogP contribution is -2.67. The van der Waals surface area contributed by atoms with E-state index >= 15 is 0 Å². The molecule has 4 aromatic carbocycles. The number of ether oxygens (including phenoxy) is 1. The summed E-state index contributed by atoms with van der Waals surface area (Å²) in [7, 11) is 0. The number of esters is 1. The van der Waals surface area contributed by atoms with Crippen molar-refractivity contribution in [2.75, 3.05) is 13.1 Å². The van der Waals surface area contributed by atoms with Crippen molar-refractivity contribution in [3.8, 4) is 0 Å². The highest BCUT2D eigenvalue weighted by Crippen LogP contribution is 2.49. The summed E-state index contributed by atoms with van der Waals surface area (Å²) in [6.07, 6.45) is 4.05. The van der Waals surface area contributed by atoms with Crippen LogP contribution in [-0.4, -0.2) is 29.6 Å². The quantitative estimate of drug-likeness (QED) is 0.154. The topological polar surface area (TPSA) is 26.3 Å². The number of rotatable bonds is 7. The molecule has 5 atom stereocenters. The molecule has 37 heavy (non-hydrogen) atoms. The predicted molar refractivity (Wildman–Crippen MR) is 149 cm³/mol. The van der Waals surface area contributed by atoms with Gasteiger partial charge >= 0.3 is 5.97 Å². The van der Waals surface area contributed by atoms with Gasteiger partial charge in [0, 0.05) is 29.9 Å². The predicted octanol–water partition coefficient (Wildman–Crippen LogP) is 7.35. The average Bonchev–Trinajstić information content (AvgIpc) is 2.96. The Bertz CT molecular complexity index is 1390. The normalized spacial score (nSPS) is 25.5. The zero-order valence-corrected chi connectivity index (χ0v) is 21.2. The van der Waals surface area contributed by atoms with Gasteiger partial charge in [-0.15, -0.1) is 6.58 Å². The van der Waals surface area contributed by atoms with E-state index in [2.05, 4.69) is 85.5 Å². The number of quaternary nitrogens is 1. The van der Waals surface area contributed by atoms with E-state index in [1.165, 1.54) is 17.4 Å². The van der Waals surface area contributed by atoms with Gasteiger partial charge in [-0.25, -0.2) is 4.79 Å². The Morgan fingerprint density at radius 2 is 1.62 bits per heavy atom. The fraction of sp³-hybridized carbons (Fsp3) is 0.265. The molecule has 4 aromatic rings. The summed E-state index contributed by atoms with van der Waals surface area (Å²) in [5.74, 6) is 0.817. The molecule has 186 valence electrons. The molecule has 0 amide bonds. The number of carbonyl (C=O) groups excluding carboxylic acids is 1. The van der Waals surface area contributed by atoms with E-state index in [0.29, 0.717) is 17.4 Å². The molecule has 3 heteroatoms. The van der Waals surface area contributed by atoms with Gasteiger partial charge in [0.05, 0.1) is 18.7 Å². The van der Waals surface area contributed by atoms with Crippen molar-refractivity contribution in [1.82, 2.24) is 0 Å². The summed E-state index contributed by atoms with van der Waals surface area (Å²) in [5.41, 5.74) is 3.05. The molecule has 0 spiro atoms. The Morgan fingerprint density at radius 3 is 2.41 bits per heavy atom. The first-order valence-corrected chi connectivity index (χ1v) is 13.4. The lowest BCUT2D eigenvalue weighted by atomic mass is 9.71. The molecule has 7 rings (SSSR count). The summed E-state index contributed by atoms with van der Waals surface area (Å²) in [6.45, 7) is 7.28. The molecule has 3 saturated heterocycles. The second kappa shape index (κ2) is 9.99. The van der Waals surface area contributed by atoms with Crippen LogP contribution >= 0.6 is 0 Å². The second-order valence-electron chi connectivity index (χ2n) is 10.8. The van der Waals surface area contributed by atoms with Crippen molar-refractivity contribution < 1.29 is 14.0 Å². The van der Waals surface area contributed by atoms with Gasteiger partial charge in [0.25, 0.3) is 0 Å². The molecule has 3 aliphatic heterocycles. The average molecular weight is 489 g/mol. The van der Waals surface area contributed by atoms with Crippen molar-refractivity contribution in [3.05, 3.63) is 132 Å². The number of piperidine rings is 3. The van der Waals surface area contributed by atoms with Crippen LogP contribution in [0.25, 0.3) is 10.8 Å². The van der Waals surface area contributed by atoms with Crippen LogP contribution in [-0.2, 0) is 11.3 Å². The molecule has 0 aromatic heterocycles. The summed E-state index contributed by atoms with van der Waals surface area (Å²) in [4.78, 5) is 13.6. The third kappa shape index (κ3) is 4.49. The van der Waals surface area contributed by atoms with Crippen LogP contribution in [0.15, 0.2) is 116 Å². The van der Waals surface area contributed by atoms with Crippen LogP contribution in [0.3, 0.4) is 0 Å². The molecule has 3 aliphatic rings. The van der Waals surface area contributed by atoms with Crippen LogP contribution in [0.1, 0.15) is 40.4 Å². The molecule has 3 fully saturated rings. The van der Waals surface area contributed by atoms with Crippen LogP contribution < -0.4 is 0 Å². The fourth-order valence-corrected chi connectivity index (χ4v) is 6.92. The Morgan fingerprint density at radius 1 is 0.919 bits per heavy atom. The van der Waals surface area contributed by atoms with E-state index in [4.69, 9.17) is 4.74 Å². The van der Waals surface area contributed by atoms with E-state index in [-0.39, 0.29) is 18.1 Å². The maximum absolute atomic E-state index is 13.6. The Kier molecular flexibility index (Phi) is 6.40. The van der Waals surface area contributed by atoms with E-state index < -0.39 is 0 Å². The molecular weight excluding hydrogens is 454 g/mol. The van der Waals surface area contributed by atoms with Crippen LogP contribution in [0.4, 0.5) is 0 Å². The van der Waals surface area contributed by atoms with Crippen LogP contribution in [0.2, 0.25) is 0 Å². The highest BCUT2D eigenvalue weighted by molar-refractivity contribution is 5.90. The Labute approximate surface area is 219 Å². The third-order valence-electron chi connectivity index (χ3n) is 8.74. The molecule has 3 nitrogen and oxygen atoms in total. The van der Waals surface area contributed by atoms with Gasteiger partial charge in [0.15, 0.2) is 6.10 Å². The van der Waals surface area contributed by atoms with Crippen molar-refractivity contribution in [1.29, 1.82) is 0 Å². The number of fused-ring (bicyclic) bond motifs is 4. The fourth-order valence-electron chi connectivity index (χ4n) is 6.92. The van der Waals surface area contributed by atoms with Crippen molar-refractivity contribution in [2.45, 2.75) is 31.5 Å². The van der Waals surface area contributed by atoms with Crippen molar-refractivity contribution in [3.63, 3.8) is 0 Å². The molecular formula is C34H34NO2+. The number of nitrogens with zero attached hydrogens (tertiary/aromatic N) is 1. The molecule has 0 aliphatic carbocycles. The SMILES string of the molecule is C=CC1C[N+]2(Cc3ccccc3)CCC1CC2C(OC(=O)c1ccccc1)c1cccc2ccccc12. The van der Waals surface area contributed by atoms with Crippen molar-refractivity contribution in [2.24, 2.45) is 11.8 Å². The smallest absolute Gasteiger partial charge is 0.338 e. The number of benzene rings is 4. The van der Waals surface area contributed by atoms with Crippen LogP contribution in [0.5, 0.6) is 0 Å². The maximum Gasteiger partial charge on any atom is 0.338 e. The summed E-state index contributed by atoms with van der Waals surface area (Å²) < 4.78 is 7.50. The van der Waals surface area contributed by atoms with Crippen molar-refractivity contribution >= 4 is 16.7 Å². The zero-order chi connectivity index (χ0) is 25.2. The largest absolute Gasteiger partial charge is 0.447 e. The van der Waals surface area contributed by atoms with Gasteiger partial charge in [-0.1, -0.05) is 97.1 Å². The van der Waals surface area contributed by atoms with E-state index in [0.717, 1.165) is 41.5 Å². The minimum atomic E-state index is -0.337. The first-order chi connectivity index (χ1) is 18.2. The molecule has 0 radical (unpaired) electrons. The monoisotopic (exact) mass is 488 g/mol. The standard InChI is InChI=1S/C34H34NO2/c1-2-26-24-35(23-25-12-5-3-6-13-25)21-20-29(26)22-32(35)33(37-34(36)28-15-7-4-8-16-28)31-19-11-17-27-14-9-10-18-30(27)31/h2-19,26,29,32-33H,1,20-24H2/q+1. The second-order valence-corrected chi connectivity index (χ2v) is 10.8. The Hall–Kier alpha value is -3.69. The van der Waals surface area contributed by atoms with Gasteiger partial charge in [-0.05, 0) is 28.8 Å². The summed E-state index contributed by atoms with van der Waals surface area (Å²) in [5, 5.41) is 2.34. The van der Waals surface area contributed by atoms with E-state index in [1.54, 1.807) is 0 Å². The first-order valence-electron chi connectivity index (χ1n) is 13.4. The number of hydrogen-bond donors (Lipinski definition) is 0. The molecule has 3 heterocycles.